The molecule has 0 saturated heterocycles. The number of benzene rings is 10. The van der Waals surface area contributed by atoms with Gasteiger partial charge in [0.15, 0.2) is 0 Å². The van der Waals surface area contributed by atoms with Gasteiger partial charge in [-0.25, -0.2) is 19.2 Å². The Bertz CT molecular complexity index is 3420. The summed E-state index contributed by atoms with van der Waals surface area (Å²) < 4.78 is 24.3. The second-order valence-electron chi connectivity index (χ2n) is 16.6. The molecule has 0 heterocycles. The van der Waals surface area contributed by atoms with Gasteiger partial charge < -0.3 is 18.9 Å². The van der Waals surface area contributed by atoms with E-state index in [1.54, 1.807) is 109 Å². The van der Waals surface area contributed by atoms with Crippen molar-refractivity contribution in [2.45, 2.75) is 0 Å². The maximum Gasteiger partial charge on any atom is 0.343 e. The van der Waals surface area contributed by atoms with Crippen molar-refractivity contribution in [3.63, 3.8) is 0 Å². The Kier molecular flexibility index (Phi) is 13.5. The highest BCUT2D eigenvalue weighted by Gasteiger charge is 2.27. The van der Waals surface area contributed by atoms with Crippen molar-refractivity contribution in [1.82, 2.24) is 0 Å². The number of ether oxygens (including phenoxy) is 4. The van der Waals surface area contributed by atoms with Gasteiger partial charge in [0.2, 0.25) is 0 Å². The molecule has 10 aromatic carbocycles. The zero-order valence-electron chi connectivity index (χ0n) is 38.5. The molecular formula is C64H42O8. The molecule has 0 amide bonds. The van der Waals surface area contributed by atoms with Gasteiger partial charge in [-0.05, 0) is 117 Å². The highest BCUT2D eigenvalue weighted by atomic mass is 16.5. The van der Waals surface area contributed by atoms with Crippen molar-refractivity contribution in [1.29, 1.82) is 0 Å². The first-order chi connectivity index (χ1) is 35.3. The number of rotatable bonds is 13. The van der Waals surface area contributed by atoms with E-state index >= 15 is 0 Å². The molecular weight excluding hydrogens is 897 g/mol. The second kappa shape index (κ2) is 21.2. The fraction of sp³-hybridized carbons (Fsp3) is 0. The monoisotopic (exact) mass is 938 g/mol. The van der Waals surface area contributed by atoms with Crippen molar-refractivity contribution in [3.05, 3.63) is 265 Å². The summed E-state index contributed by atoms with van der Waals surface area (Å²) in [6.45, 7) is 0. The molecule has 0 spiro atoms. The molecule has 0 aliphatic carbocycles. The second-order valence-corrected chi connectivity index (χ2v) is 16.6. The highest BCUT2D eigenvalue weighted by molar-refractivity contribution is 6.15. The normalized spacial score (nSPS) is 11.2. The van der Waals surface area contributed by atoms with Crippen molar-refractivity contribution in [3.8, 4) is 56.4 Å². The lowest BCUT2D eigenvalue weighted by Crippen LogP contribution is -2.09. The van der Waals surface area contributed by atoms with Gasteiger partial charge in [-0.15, -0.1) is 0 Å². The minimum absolute atomic E-state index is 0.258. The number of esters is 4. The van der Waals surface area contributed by atoms with E-state index in [4.69, 9.17) is 18.9 Å². The fourth-order valence-corrected chi connectivity index (χ4v) is 8.40. The Morgan fingerprint density at radius 3 is 1.04 bits per heavy atom. The largest absolute Gasteiger partial charge is 0.423 e. The number of hydrogen-bond acceptors (Lipinski definition) is 8. The number of carbonyl (C=O) groups is 4. The molecule has 0 unspecified atom stereocenters. The highest BCUT2D eigenvalue weighted by Crippen LogP contribution is 2.52. The van der Waals surface area contributed by atoms with E-state index in [0.29, 0.717) is 56.0 Å². The van der Waals surface area contributed by atoms with Crippen molar-refractivity contribution >= 4 is 57.6 Å². The minimum atomic E-state index is -0.658. The van der Waals surface area contributed by atoms with E-state index in [1.165, 1.54) is 12.2 Å². The van der Waals surface area contributed by atoms with Crippen molar-refractivity contribution < 1.29 is 38.1 Å². The standard InChI is InChI=1S/C64H42O8/c65-57(39-33-43-29-35-51(36-30-43)69-63(67)47-21-9-3-10-22-47)71-61-55(45-17-5-1-6-18-45)41-49-25-13-15-27-53(49)59(61)60-54-28-16-14-26-50(54)42-56(46-19-7-2-8-20-46)62(60)72-58(66)40-34-44-31-37-52(38-32-44)70-64(68)48-23-11-4-12-24-48/h1-42H/b39-33+,40-34+. The lowest BCUT2D eigenvalue weighted by molar-refractivity contribution is -0.129. The van der Waals surface area contributed by atoms with E-state index in [-0.39, 0.29) is 11.5 Å². The molecule has 0 aliphatic heterocycles. The van der Waals surface area contributed by atoms with Crippen LogP contribution in [0.25, 0.3) is 67.1 Å². The van der Waals surface area contributed by atoms with E-state index in [0.717, 1.165) is 32.7 Å². The van der Waals surface area contributed by atoms with Gasteiger partial charge in [0.25, 0.3) is 0 Å². The van der Waals surface area contributed by atoms with Gasteiger partial charge in [-0.1, -0.05) is 170 Å². The van der Waals surface area contributed by atoms with Crippen molar-refractivity contribution in [2.75, 3.05) is 0 Å². The van der Waals surface area contributed by atoms with Crippen LogP contribution >= 0.6 is 0 Å². The summed E-state index contributed by atoms with van der Waals surface area (Å²) in [5.74, 6) is -1.05. The van der Waals surface area contributed by atoms with Crippen LogP contribution in [0.3, 0.4) is 0 Å². The Labute approximate surface area is 415 Å². The summed E-state index contributed by atoms with van der Waals surface area (Å²) in [7, 11) is 0. The van der Waals surface area contributed by atoms with E-state index in [1.807, 2.05) is 133 Å². The number of carbonyl (C=O) groups excluding carboxylic acids is 4. The van der Waals surface area contributed by atoms with E-state index < -0.39 is 23.9 Å². The molecule has 0 bridgehead atoms. The molecule has 10 aromatic rings. The SMILES string of the molecule is O=C(/C=C/c1ccc(OC(=O)c2ccccc2)cc1)Oc1c(-c2ccccc2)cc2ccccc2c1-c1c(OC(=O)/C=C/c2ccc(OC(=O)c3ccccc3)cc2)c(-c2ccccc2)cc2ccccc12. The molecule has 0 fully saturated rings. The maximum absolute atomic E-state index is 14.3. The molecule has 0 radical (unpaired) electrons. The Morgan fingerprint density at radius 1 is 0.333 bits per heavy atom. The topological polar surface area (TPSA) is 105 Å². The minimum Gasteiger partial charge on any atom is -0.423 e. The molecule has 8 heteroatoms. The van der Waals surface area contributed by atoms with Crippen LogP contribution in [0.5, 0.6) is 23.0 Å². The third kappa shape index (κ3) is 10.4. The molecule has 10 rings (SSSR count). The summed E-state index contributed by atoms with van der Waals surface area (Å²) in [6, 6.07) is 70.1. The van der Waals surface area contributed by atoms with Gasteiger partial charge in [0.05, 0.1) is 11.1 Å². The van der Waals surface area contributed by atoms with Gasteiger partial charge in [0, 0.05) is 34.4 Å². The Balaban J connectivity index is 1.06. The fourth-order valence-electron chi connectivity index (χ4n) is 8.40. The first-order valence-electron chi connectivity index (χ1n) is 23.1. The van der Waals surface area contributed by atoms with Crippen LogP contribution in [0.15, 0.2) is 243 Å². The van der Waals surface area contributed by atoms with E-state index in [2.05, 4.69) is 0 Å². The Morgan fingerprint density at radius 2 is 0.667 bits per heavy atom. The zero-order valence-corrected chi connectivity index (χ0v) is 38.5. The third-order valence-electron chi connectivity index (χ3n) is 11.9. The molecule has 346 valence electrons. The maximum atomic E-state index is 14.3. The molecule has 72 heavy (non-hydrogen) atoms. The molecule has 8 nitrogen and oxygen atoms in total. The summed E-state index contributed by atoms with van der Waals surface area (Å²) in [5.41, 5.74) is 6.14. The first kappa shape index (κ1) is 45.8. The number of fused-ring (bicyclic) bond motifs is 2. The summed E-state index contributed by atoms with van der Waals surface area (Å²) in [6.07, 6.45) is 5.96. The molecule has 0 saturated carbocycles. The first-order valence-corrected chi connectivity index (χ1v) is 23.1. The van der Waals surface area contributed by atoms with Gasteiger partial charge in [-0.3, -0.25) is 0 Å². The van der Waals surface area contributed by atoms with Gasteiger partial charge in [0.1, 0.15) is 23.0 Å². The summed E-state index contributed by atoms with van der Waals surface area (Å²) >= 11 is 0. The summed E-state index contributed by atoms with van der Waals surface area (Å²) in [5, 5.41) is 3.22. The lowest BCUT2D eigenvalue weighted by Gasteiger charge is -2.23. The zero-order chi connectivity index (χ0) is 49.2. The average Bonchev–Trinajstić information content (AvgIpc) is 3.43. The van der Waals surface area contributed by atoms with Crippen LogP contribution in [0.4, 0.5) is 0 Å². The molecule has 0 aromatic heterocycles. The smallest absolute Gasteiger partial charge is 0.343 e. The van der Waals surface area contributed by atoms with Crippen LogP contribution < -0.4 is 18.9 Å². The van der Waals surface area contributed by atoms with Gasteiger partial charge >= 0.3 is 23.9 Å². The molecule has 0 atom stereocenters. The van der Waals surface area contributed by atoms with Gasteiger partial charge in [-0.2, -0.15) is 0 Å². The Hall–Kier alpha value is -9.92. The van der Waals surface area contributed by atoms with Crippen LogP contribution in [0.1, 0.15) is 31.8 Å². The summed E-state index contributed by atoms with van der Waals surface area (Å²) in [4.78, 5) is 54.0. The third-order valence-corrected chi connectivity index (χ3v) is 11.9. The van der Waals surface area contributed by atoms with Crippen LogP contribution in [0, 0.1) is 0 Å². The van der Waals surface area contributed by atoms with Crippen LogP contribution in [-0.2, 0) is 9.59 Å². The van der Waals surface area contributed by atoms with E-state index in [9.17, 15) is 19.2 Å². The molecule has 0 N–H and O–H groups in total. The molecule has 0 aliphatic rings. The van der Waals surface area contributed by atoms with Crippen LogP contribution in [0.2, 0.25) is 0 Å². The van der Waals surface area contributed by atoms with Crippen LogP contribution in [-0.4, -0.2) is 23.9 Å². The average molecular weight is 939 g/mol. The quantitative estimate of drug-likeness (QED) is 0.0639. The lowest BCUT2D eigenvalue weighted by atomic mass is 9.86. The predicted molar refractivity (Wildman–Crippen MR) is 283 cm³/mol. The number of hydrogen-bond donors (Lipinski definition) is 0. The predicted octanol–water partition coefficient (Wildman–Crippen LogP) is 14.7. The van der Waals surface area contributed by atoms with Crippen molar-refractivity contribution in [2.24, 2.45) is 0 Å².